The topological polar surface area (TPSA) is 88.4 Å². The Morgan fingerprint density at radius 3 is 2.77 bits per heavy atom. The molecule has 3 heterocycles. The standard InChI is InChI=1S/C16H21N7OS2/c1-21(2)26(24)23-7-5-22(6-8-23)12-13-3-4-18-15(9-13)20-16-19-11-14(10-17)25-16/h3-4,9,11H,5-8,12H2,1-2H3,(H,18,19,20). The van der Waals surface area contributed by atoms with Gasteiger partial charge in [0.2, 0.25) is 0 Å². The minimum absolute atomic E-state index is 0.566. The summed E-state index contributed by atoms with van der Waals surface area (Å²) in [6, 6.07) is 6.07. The number of rotatable bonds is 6. The molecule has 1 saturated heterocycles. The van der Waals surface area contributed by atoms with Crippen LogP contribution in [0.25, 0.3) is 0 Å². The van der Waals surface area contributed by atoms with Gasteiger partial charge in [-0.3, -0.25) is 4.90 Å². The van der Waals surface area contributed by atoms with Crippen molar-refractivity contribution >= 4 is 33.5 Å². The molecule has 1 aliphatic rings. The second kappa shape index (κ2) is 8.66. The summed E-state index contributed by atoms with van der Waals surface area (Å²) in [5.41, 5.74) is 1.15. The molecule has 26 heavy (non-hydrogen) atoms. The molecule has 138 valence electrons. The highest BCUT2D eigenvalue weighted by molar-refractivity contribution is 7.80. The number of anilines is 2. The van der Waals surface area contributed by atoms with Gasteiger partial charge in [-0.2, -0.15) is 5.26 Å². The Morgan fingerprint density at radius 2 is 2.12 bits per heavy atom. The minimum atomic E-state index is -1.05. The highest BCUT2D eigenvalue weighted by Gasteiger charge is 2.22. The van der Waals surface area contributed by atoms with E-state index in [4.69, 9.17) is 5.26 Å². The van der Waals surface area contributed by atoms with Crippen LogP contribution in [0.15, 0.2) is 24.5 Å². The van der Waals surface area contributed by atoms with Gasteiger partial charge in [0, 0.05) is 53.0 Å². The van der Waals surface area contributed by atoms with Crippen LogP contribution in [0.4, 0.5) is 10.9 Å². The number of aromatic nitrogens is 2. The van der Waals surface area contributed by atoms with Crippen molar-refractivity contribution in [2.75, 3.05) is 45.6 Å². The summed E-state index contributed by atoms with van der Waals surface area (Å²) < 4.78 is 15.8. The van der Waals surface area contributed by atoms with E-state index in [1.54, 1.807) is 16.7 Å². The van der Waals surface area contributed by atoms with Crippen molar-refractivity contribution in [3.8, 4) is 6.07 Å². The van der Waals surface area contributed by atoms with Gasteiger partial charge in [-0.25, -0.2) is 22.8 Å². The van der Waals surface area contributed by atoms with Gasteiger partial charge in [-0.05, 0) is 17.7 Å². The van der Waals surface area contributed by atoms with Crippen molar-refractivity contribution in [2.45, 2.75) is 6.54 Å². The molecule has 1 fully saturated rings. The minimum Gasteiger partial charge on any atom is -0.316 e. The smallest absolute Gasteiger partial charge is 0.189 e. The summed E-state index contributed by atoms with van der Waals surface area (Å²) in [7, 11) is 3.66. The Morgan fingerprint density at radius 1 is 1.35 bits per heavy atom. The lowest BCUT2D eigenvalue weighted by molar-refractivity contribution is 0.182. The molecule has 1 aliphatic heterocycles. The zero-order valence-electron chi connectivity index (χ0n) is 14.8. The van der Waals surface area contributed by atoms with E-state index in [9.17, 15) is 4.21 Å². The highest BCUT2D eigenvalue weighted by Crippen LogP contribution is 2.21. The van der Waals surface area contributed by atoms with Crippen LogP contribution in [0, 0.1) is 11.3 Å². The van der Waals surface area contributed by atoms with Crippen molar-refractivity contribution in [1.82, 2.24) is 23.5 Å². The number of pyridine rings is 1. The van der Waals surface area contributed by atoms with Gasteiger partial charge in [0.1, 0.15) is 16.8 Å². The van der Waals surface area contributed by atoms with Gasteiger partial charge in [-0.15, -0.1) is 0 Å². The molecule has 0 amide bonds. The van der Waals surface area contributed by atoms with Gasteiger partial charge >= 0.3 is 0 Å². The fourth-order valence-corrected chi connectivity index (χ4v) is 4.23. The largest absolute Gasteiger partial charge is 0.316 e. The fourth-order valence-electron chi connectivity index (χ4n) is 2.67. The van der Waals surface area contributed by atoms with Gasteiger partial charge in [0.15, 0.2) is 16.3 Å². The molecule has 1 N–H and O–H groups in total. The van der Waals surface area contributed by atoms with Crippen molar-refractivity contribution in [2.24, 2.45) is 0 Å². The van der Waals surface area contributed by atoms with E-state index in [1.807, 2.05) is 30.5 Å². The van der Waals surface area contributed by atoms with Crippen LogP contribution in [0.3, 0.4) is 0 Å². The number of nitrogens with one attached hydrogen (secondary N) is 1. The lowest BCUT2D eigenvalue weighted by atomic mass is 10.2. The molecule has 1 unspecified atom stereocenters. The molecule has 0 aliphatic carbocycles. The molecule has 1 atom stereocenters. The molecule has 0 radical (unpaired) electrons. The summed E-state index contributed by atoms with van der Waals surface area (Å²) in [5.74, 6) is 0.716. The monoisotopic (exact) mass is 391 g/mol. The number of hydrogen-bond acceptors (Lipinski definition) is 7. The Kier molecular flexibility index (Phi) is 6.29. The van der Waals surface area contributed by atoms with Crippen molar-refractivity contribution in [1.29, 1.82) is 5.26 Å². The van der Waals surface area contributed by atoms with Crippen molar-refractivity contribution in [3.63, 3.8) is 0 Å². The fraction of sp³-hybridized carbons (Fsp3) is 0.438. The number of thiazole rings is 1. The molecule has 2 aromatic heterocycles. The molecule has 8 nitrogen and oxygen atoms in total. The van der Waals surface area contributed by atoms with Crippen LogP contribution >= 0.6 is 11.3 Å². The molecule has 10 heteroatoms. The Balaban J connectivity index is 1.56. The Labute approximate surface area is 159 Å². The van der Waals surface area contributed by atoms with E-state index in [2.05, 4.69) is 26.3 Å². The molecule has 0 bridgehead atoms. The van der Waals surface area contributed by atoms with Crippen LogP contribution in [0.2, 0.25) is 0 Å². The predicted octanol–water partition coefficient (Wildman–Crippen LogP) is 1.41. The zero-order valence-corrected chi connectivity index (χ0v) is 16.4. The van der Waals surface area contributed by atoms with E-state index in [0.29, 0.717) is 15.8 Å². The first kappa shape index (κ1) is 18.9. The first-order valence-electron chi connectivity index (χ1n) is 8.19. The lowest BCUT2D eigenvalue weighted by Gasteiger charge is -2.34. The van der Waals surface area contributed by atoms with Crippen LogP contribution in [-0.2, 0) is 17.7 Å². The SMILES string of the molecule is CN(C)S(=O)N1CCN(Cc2ccnc(Nc3ncc(C#N)s3)c2)CC1. The molecule has 0 saturated carbocycles. The van der Waals surface area contributed by atoms with Crippen molar-refractivity contribution in [3.05, 3.63) is 35.0 Å². The number of hydrogen-bond donors (Lipinski definition) is 1. The van der Waals surface area contributed by atoms with Crippen LogP contribution in [0.1, 0.15) is 10.4 Å². The first-order valence-corrected chi connectivity index (χ1v) is 10.1. The Bertz CT molecular complexity index is 809. The third kappa shape index (κ3) is 4.84. The van der Waals surface area contributed by atoms with Gasteiger partial charge < -0.3 is 5.32 Å². The van der Waals surface area contributed by atoms with Gasteiger partial charge in [0.25, 0.3) is 0 Å². The number of nitrogens with zero attached hydrogens (tertiary/aromatic N) is 6. The normalized spacial score (nSPS) is 17.2. The molecule has 0 aromatic carbocycles. The molecular formula is C16H21N7OS2. The van der Waals surface area contributed by atoms with E-state index < -0.39 is 11.2 Å². The average Bonchev–Trinajstić information content (AvgIpc) is 3.09. The molecule has 3 rings (SSSR count). The molecular weight excluding hydrogens is 370 g/mol. The first-order chi connectivity index (χ1) is 12.5. The maximum atomic E-state index is 12.1. The second-order valence-corrected chi connectivity index (χ2v) is 8.80. The van der Waals surface area contributed by atoms with E-state index in [0.717, 1.165) is 38.3 Å². The third-order valence-electron chi connectivity index (χ3n) is 3.95. The molecule has 0 spiro atoms. The maximum Gasteiger partial charge on any atom is 0.189 e. The second-order valence-electron chi connectivity index (χ2n) is 6.06. The zero-order chi connectivity index (χ0) is 18.5. The predicted molar refractivity (Wildman–Crippen MR) is 103 cm³/mol. The van der Waals surface area contributed by atoms with E-state index in [1.165, 1.54) is 11.3 Å². The summed E-state index contributed by atoms with van der Waals surface area (Å²) in [6.45, 7) is 4.15. The number of piperazine rings is 1. The summed E-state index contributed by atoms with van der Waals surface area (Å²) in [5, 5.41) is 12.7. The van der Waals surface area contributed by atoms with Crippen LogP contribution < -0.4 is 5.32 Å². The molecule has 2 aromatic rings. The maximum absolute atomic E-state index is 12.1. The van der Waals surface area contributed by atoms with Crippen LogP contribution in [0.5, 0.6) is 0 Å². The number of nitriles is 1. The van der Waals surface area contributed by atoms with Crippen LogP contribution in [-0.4, -0.2) is 68.0 Å². The third-order valence-corrected chi connectivity index (χ3v) is 6.19. The van der Waals surface area contributed by atoms with E-state index >= 15 is 0 Å². The van der Waals surface area contributed by atoms with Gasteiger partial charge in [0.05, 0.1) is 6.20 Å². The Hall–Kier alpha value is -1.90. The average molecular weight is 392 g/mol. The van der Waals surface area contributed by atoms with Crippen molar-refractivity contribution < 1.29 is 4.21 Å². The summed E-state index contributed by atoms with van der Waals surface area (Å²) >= 11 is 0.249. The summed E-state index contributed by atoms with van der Waals surface area (Å²) in [4.78, 5) is 11.4. The lowest BCUT2D eigenvalue weighted by Crippen LogP contribution is -2.48. The van der Waals surface area contributed by atoms with E-state index in [-0.39, 0.29) is 0 Å². The summed E-state index contributed by atoms with van der Waals surface area (Å²) in [6.07, 6.45) is 3.32. The quantitative estimate of drug-likeness (QED) is 0.801. The van der Waals surface area contributed by atoms with Gasteiger partial charge in [-0.1, -0.05) is 11.3 Å². The highest BCUT2D eigenvalue weighted by atomic mass is 32.2.